The van der Waals surface area contributed by atoms with Gasteiger partial charge in [0.1, 0.15) is 6.17 Å². The lowest BCUT2D eigenvalue weighted by atomic mass is 9.77. The average molecular weight is 414 g/mol. The van der Waals surface area contributed by atoms with Crippen molar-refractivity contribution in [3.63, 3.8) is 0 Å². The second kappa shape index (κ2) is 8.55. The number of alkyl halides is 1. The first-order valence-corrected chi connectivity index (χ1v) is 10.3. The molecular formula is C22H27FN4O3. The molecule has 1 saturated carbocycles. The van der Waals surface area contributed by atoms with Crippen molar-refractivity contribution in [2.24, 2.45) is 0 Å². The highest BCUT2D eigenvalue weighted by Crippen LogP contribution is 2.39. The van der Waals surface area contributed by atoms with Crippen LogP contribution in [0.1, 0.15) is 42.5 Å². The Hall–Kier alpha value is -2.74. The monoisotopic (exact) mass is 414 g/mol. The van der Waals surface area contributed by atoms with E-state index < -0.39 is 11.8 Å². The Balaban J connectivity index is 1.38. The molecule has 4 rings (SSSR count). The topological polar surface area (TPSA) is 76.5 Å². The Bertz CT molecular complexity index is 892. The largest absolute Gasteiger partial charge is 0.378 e. The summed E-state index contributed by atoms with van der Waals surface area (Å²) in [4.78, 5) is 31.1. The van der Waals surface area contributed by atoms with Crippen LogP contribution in [0.2, 0.25) is 0 Å². The van der Waals surface area contributed by atoms with Crippen LogP contribution in [0.15, 0.2) is 43.0 Å². The normalized spacial score (nSPS) is 22.5. The lowest BCUT2D eigenvalue weighted by Gasteiger charge is -2.41. The molecule has 0 radical (unpaired) electrons. The highest BCUT2D eigenvalue weighted by atomic mass is 19.1. The van der Waals surface area contributed by atoms with E-state index in [4.69, 9.17) is 4.74 Å². The van der Waals surface area contributed by atoms with Gasteiger partial charge < -0.3 is 19.5 Å². The van der Waals surface area contributed by atoms with E-state index >= 15 is 0 Å². The molecule has 2 fully saturated rings. The van der Waals surface area contributed by atoms with Crippen LogP contribution in [-0.2, 0) is 9.53 Å². The van der Waals surface area contributed by atoms with Gasteiger partial charge >= 0.3 is 0 Å². The third-order valence-corrected chi connectivity index (χ3v) is 6.26. The smallest absolute Gasteiger partial charge is 0.251 e. The van der Waals surface area contributed by atoms with Gasteiger partial charge in [-0.05, 0) is 37.5 Å². The Labute approximate surface area is 175 Å². The van der Waals surface area contributed by atoms with Gasteiger partial charge in [-0.3, -0.25) is 9.59 Å². The maximum absolute atomic E-state index is 14.1. The summed E-state index contributed by atoms with van der Waals surface area (Å²) >= 11 is 0. The van der Waals surface area contributed by atoms with Crippen LogP contribution >= 0.6 is 0 Å². The van der Waals surface area contributed by atoms with Crippen molar-refractivity contribution in [1.29, 1.82) is 0 Å². The third kappa shape index (κ3) is 4.23. The number of carbonyl (C=O) groups is 2. The molecule has 1 N–H and O–H groups in total. The number of likely N-dealkylation sites (tertiary alicyclic amines) is 1. The fourth-order valence-electron chi connectivity index (χ4n) is 4.29. The van der Waals surface area contributed by atoms with E-state index in [1.165, 1.54) is 0 Å². The maximum Gasteiger partial charge on any atom is 0.251 e. The molecule has 2 amide bonds. The molecule has 1 saturated heterocycles. The summed E-state index contributed by atoms with van der Waals surface area (Å²) in [5.41, 5.74) is 0.932. The summed E-state index contributed by atoms with van der Waals surface area (Å²) in [7, 11) is 1.63. The molecule has 0 unspecified atom stereocenters. The number of amides is 2. The molecule has 1 aliphatic carbocycles. The fourth-order valence-corrected chi connectivity index (χ4v) is 4.29. The van der Waals surface area contributed by atoms with Gasteiger partial charge in [-0.25, -0.2) is 9.37 Å². The number of imidazole rings is 1. The van der Waals surface area contributed by atoms with Crippen LogP contribution < -0.4 is 5.32 Å². The van der Waals surface area contributed by atoms with E-state index in [9.17, 15) is 14.0 Å². The number of benzene rings is 1. The highest BCUT2D eigenvalue weighted by molar-refractivity contribution is 5.94. The predicted molar refractivity (Wildman–Crippen MR) is 109 cm³/mol. The van der Waals surface area contributed by atoms with E-state index in [0.717, 1.165) is 24.9 Å². The molecular weight excluding hydrogens is 387 g/mol. The van der Waals surface area contributed by atoms with E-state index in [-0.39, 0.29) is 43.8 Å². The van der Waals surface area contributed by atoms with Gasteiger partial charge in [0, 0.05) is 43.7 Å². The molecule has 30 heavy (non-hydrogen) atoms. The van der Waals surface area contributed by atoms with Crippen molar-refractivity contribution in [2.45, 2.75) is 49.9 Å². The minimum Gasteiger partial charge on any atom is -0.378 e. The molecule has 7 nitrogen and oxygen atoms in total. The minimum atomic E-state index is -1.07. The number of nitrogens with zero attached hydrogens (tertiary/aromatic N) is 3. The minimum absolute atomic E-state index is 0.0787. The van der Waals surface area contributed by atoms with Gasteiger partial charge in [-0.2, -0.15) is 0 Å². The number of carbonyl (C=O) groups excluding carboxylic acids is 2. The van der Waals surface area contributed by atoms with Crippen molar-refractivity contribution < 1.29 is 18.7 Å². The van der Waals surface area contributed by atoms with Crippen molar-refractivity contribution in [3.05, 3.63) is 48.5 Å². The van der Waals surface area contributed by atoms with Crippen LogP contribution in [0.5, 0.6) is 0 Å². The quantitative estimate of drug-likeness (QED) is 0.755. The van der Waals surface area contributed by atoms with Crippen LogP contribution in [0, 0.1) is 0 Å². The van der Waals surface area contributed by atoms with E-state index in [1.54, 1.807) is 48.9 Å². The number of nitrogens with one attached hydrogen (secondary N) is 1. The Morgan fingerprint density at radius 2 is 2.20 bits per heavy atom. The van der Waals surface area contributed by atoms with Crippen molar-refractivity contribution in [1.82, 2.24) is 19.8 Å². The number of rotatable bonds is 7. The van der Waals surface area contributed by atoms with Crippen molar-refractivity contribution in [2.75, 3.05) is 20.2 Å². The molecule has 1 aliphatic heterocycles. The molecule has 1 aromatic heterocycles. The molecule has 0 spiro atoms. The third-order valence-electron chi connectivity index (χ3n) is 6.26. The highest BCUT2D eigenvalue weighted by Gasteiger charge is 2.43. The van der Waals surface area contributed by atoms with Crippen LogP contribution in [0.3, 0.4) is 0 Å². The number of hydrogen-bond donors (Lipinski definition) is 1. The van der Waals surface area contributed by atoms with Gasteiger partial charge in [0.2, 0.25) is 5.91 Å². The second-order valence-corrected chi connectivity index (χ2v) is 8.18. The summed E-state index contributed by atoms with van der Waals surface area (Å²) in [6.07, 6.45) is 7.33. The number of methoxy groups -OCH3 is 1. The average Bonchev–Trinajstić information content (AvgIpc) is 3.39. The van der Waals surface area contributed by atoms with Crippen molar-refractivity contribution in [3.8, 4) is 5.69 Å². The second-order valence-electron chi connectivity index (χ2n) is 8.18. The zero-order valence-corrected chi connectivity index (χ0v) is 17.1. The SMILES string of the molecule is COC1(CC(=O)N2C[C@@H](F)C[C@H]2CNC(=O)c2cccc(-n3ccnc3)c2)CCC1. The molecule has 0 bridgehead atoms. The van der Waals surface area contributed by atoms with Crippen molar-refractivity contribution >= 4 is 11.8 Å². The Kier molecular flexibility index (Phi) is 5.85. The standard InChI is InChI=1S/C22H27FN4O3/c1-30-22(6-3-7-22)12-20(28)27-14-17(23)11-19(27)13-25-21(29)16-4-2-5-18(10-16)26-9-8-24-15-26/h2,4-5,8-10,15,17,19H,3,6-7,11-14H2,1H3,(H,25,29)/t17-,19-/m0/s1. The molecule has 8 heteroatoms. The lowest BCUT2D eigenvalue weighted by Crippen LogP contribution is -2.48. The summed E-state index contributed by atoms with van der Waals surface area (Å²) in [6, 6.07) is 6.84. The number of aromatic nitrogens is 2. The number of hydrogen-bond acceptors (Lipinski definition) is 4. The Morgan fingerprint density at radius 1 is 1.37 bits per heavy atom. The van der Waals surface area contributed by atoms with E-state index in [1.807, 2.05) is 10.6 Å². The number of ether oxygens (including phenoxy) is 1. The molecule has 2 heterocycles. The molecule has 2 atom stereocenters. The predicted octanol–water partition coefficient (Wildman–Crippen LogP) is 2.50. The van der Waals surface area contributed by atoms with Gasteiger partial charge in [-0.1, -0.05) is 6.07 Å². The van der Waals surface area contributed by atoms with Gasteiger partial charge in [0.05, 0.1) is 30.9 Å². The van der Waals surface area contributed by atoms with Gasteiger partial charge in [0.25, 0.3) is 5.91 Å². The first kappa shape index (κ1) is 20.5. The molecule has 2 aliphatic rings. The maximum atomic E-state index is 14.1. The van der Waals surface area contributed by atoms with Gasteiger partial charge in [-0.15, -0.1) is 0 Å². The first-order valence-electron chi connectivity index (χ1n) is 10.3. The Morgan fingerprint density at radius 3 is 2.87 bits per heavy atom. The number of halogens is 1. The summed E-state index contributed by atoms with van der Waals surface area (Å²) in [5, 5.41) is 2.87. The van der Waals surface area contributed by atoms with E-state index in [0.29, 0.717) is 5.56 Å². The van der Waals surface area contributed by atoms with E-state index in [2.05, 4.69) is 10.3 Å². The molecule has 1 aromatic carbocycles. The van der Waals surface area contributed by atoms with Crippen LogP contribution in [0.4, 0.5) is 4.39 Å². The summed E-state index contributed by atoms with van der Waals surface area (Å²) in [5.74, 6) is -0.350. The first-order chi connectivity index (χ1) is 14.5. The lowest BCUT2D eigenvalue weighted by molar-refractivity contribution is -0.145. The van der Waals surface area contributed by atoms with Crippen LogP contribution in [0.25, 0.3) is 5.69 Å². The summed E-state index contributed by atoms with van der Waals surface area (Å²) in [6.45, 7) is 0.301. The summed E-state index contributed by atoms with van der Waals surface area (Å²) < 4.78 is 21.5. The molecule has 160 valence electrons. The fraction of sp³-hybridized carbons (Fsp3) is 0.500. The van der Waals surface area contributed by atoms with Gasteiger partial charge in [0.15, 0.2) is 0 Å². The zero-order valence-electron chi connectivity index (χ0n) is 17.1. The zero-order chi connectivity index (χ0) is 21.1. The molecule has 2 aromatic rings. The van der Waals surface area contributed by atoms with Crippen LogP contribution in [-0.4, -0.2) is 64.3 Å².